The second-order valence-electron chi connectivity index (χ2n) is 8.35. The smallest absolute Gasteiger partial charge is 0.258 e. The van der Waals surface area contributed by atoms with Crippen molar-refractivity contribution in [1.29, 1.82) is 0 Å². The molecule has 3 aromatic rings. The van der Waals surface area contributed by atoms with Crippen LogP contribution in [0.25, 0.3) is 0 Å². The fourth-order valence-corrected chi connectivity index (χ4v) is 3.60. The van der Waals surface area contributed by atoms with Crippen LogP contribution in [0.1, 0.15) is 29.3 Å². The third kappa shape index (κ3) is 7.43. The SMILES string of the molecule is CCN(C(=O)c1ccc(NC(=O)CNc2cccc(CCC(=O)N(C)C)c2)cc1)c1ccccc1. The molecule has 0 spiro atoms. The normalized spacial score (nSPS) is 10.4. The van der Waals surface area contributed by atoms with Gasteiger partial charge in [-0.05, 0) is 67.4 Å². The van der Waals surface area contributed by atoms with Gasteiger partial charge in [0.05, 0.1) is 6.54 Å². The standard InChI is InChI=1S/C28H32N4O3/c1-4-32(25-11-6-5-7-12-25)28(35)22-14-16-23(17-15-22)30-26(33)20-29-24-10-8-9-21(19-24)13-18-27(34)31(2)3/h5-12,14-17,19,29H,4,13,18,20H2,1-3H3,(H,30,33). The Morgan fingerprint density at radius 2 is 1.54 bits per heavy atom. The molecular weight excluding hydrogens is 440 g/mol. The van der Waals surface area contributed by atoms with Crippen molar-refractivity contribution < 1.29 is 14.4 Å². The van der Waals surface area contributed by atoms with Gasteiger partial charge >= 0.3 is 0 Å². The van der Waals surface area contributed by atoms with Crippen LogP contribution in [0, 0.1) is 0 Å². The van der Waals surface area contributed by atoms with Crippen LogP contribution in [0.3, 0.4) is 0 Å². The first-order valence-corrected chi connectivity index (χ1v) is 11.7. The molecule has 182 valence electrons. The van der Waals surface area contributed by atoms with Crippen LogP contribution in [0.15, 0.2) is 78.9 Å². The molecule has 2 N–H and O–H groups in total. The Morgan fingerprint density at radius 3 is 2.20 bits per heavy atom. The molecule has 0 fully saturated rings. The molecular formula is C28H32N4O3. The highest BCUT2D eigenvalue weighted by Gasteiger charge is 2.16. The van der Waals surface area contributed by atoms with E-state index < -0.39 is 0 Å². The molecule has 0 bridgehead atoms. The second-order valence-corrected chi connectivity index (χ2v) is 8.35. The molecule has 3 amide bonds. The summed E-state index contributed by atoms with van der Waals surface area (Å²) in [7, 11) is 3.49. The number of hydrogen-bond donors (Lipinski definition) is 2. The van der Waals surface area contributed by atoms with Gasteiger partial charge in [-0.15, -0.1) is 0 Å². The van der Waals surface area contributed by atoms with E-state index in [1.54, 1.807) is 48.2 Å². The fraction of sp³-hybridized carbons (Fsp3) is 0.250. The number of nitrogens with one attached hydrogen (secondary N) is 2. The van der Waals surface area contributed by atoms with Crippen LogP contribution in [0.2, 0.25) is 0 Å². The minimum atomic E-state index is -0.197. The van der Waals surface area contributed by atoms with Crippen LogP contribution in [0.5, 0.6) is 0 Å². The maximum absolute atomic E-state index is 12.9. The lowest BCUT2D eigenvalue weighted by Crippen LogP contribution is -2.30. The first kappa shape index (κ1) is 25.5. The zero-order chi connectivity index (χ0) is 25.2. The van der Waals surface area contributed by atoms with E-state index in [1.807, 2.05) is 61.5 Å². The van der Waals surface area contributed by atoms with Crippen molar-refractivity contribution in [3.63, 3.8) is 0 Å². The number of nitrogens with zero attached hydrogens (tertiary/aromatic N) is 2. The molecule has 0 aliphatic carbocycles. The monoisotopic (exact) mass is 472 g/mol. The zero-order valence-corrected chi connectivity index (χ0v) is 20.5. The predicted molar refractivity (Wildman–Crippen MR) is 141 cm³/mol. The number of carbonyl (C=O) groups excluding carboxylic acids is 3. The summed E-state index contributed by atoms with van der Waals surface area (Å²) in [6, 6.07) is 24.1. The van der Waals surface area contributed by atoms with E-state index >= 15 is 0 Å². The van der Waals surface area contributed by atoms with E-state index in [-0.39, 0.29) is 24.3 Å². The van der Waals surface area contributed by atoms with Gasteiger partial charge in [-0.25, -0.2) is 0 Å². The molecule has 7 heteroatoms. The van der Waals surface area contributed by atoms with Crippen molar-refractivity contribution in [2.75, 3.05) is 42.7 Å². The zero-order valence-electron chi connectivity index (χ0n) is 20.5. The topological polar surface area (TPSA) is 81.8 Å². The Morgan fingerprint density at radius 1 is 0.829 bits per heavy atom. The van der Waals surface area contributed by atoms with Crippen molar-refractivity contribution in [3.8, 4) is 0 Å². The minimum Gasteiger partial charge on any atom is -0.376 e. The summed E-state index contributed by atoms with van der Waals surface area (Å²) >= 11 is 0. The third-order valence-electron chi connectivity index (χ3n) is 5.55. The summed E-state index contributed by atoms with van der Waals surface area (Å²) in [6.45, 7) is 2.59. The van der Waals surface area contributed by atoms with Crippen molar-refractivity contribution in [3.05, 3.63) is 90.0 Å². The lowest BCUT2D eigenvalue weighted by Gasteiger charge is -2.21. The molecule has 3 aromatic carbocycles. The molecule has 0 saturated carbocycles. The first-order chi connectivity index (χ1) is 16.9. The summed E-state index contributed by atoms with van der Waals surface area (Å²) in [6.07, 6.45) is 1.08. The Labute approximate surface area is 206 Å². The van der Waals surface area contributed by atoms with E-state index in [0.717, 1.165) is 16.9 Å². The Hall–Kier alpha value is -4.13. The molecule has 0 aromatic heterocycles. The number of carbonyl (C=O) groups is 3. The van der Waals surface area contributed by atoms with Crippen LogP contribution >= 0.6 is 0 Å². The predicted octanol–water partition coefficient (Wildman–Crippen LogP) is 4.42. The highest BCUT2D eigenvalue weighted by atomic mass is 16.2. The van der Waals surface area contributed by atoms with Gasteiger partial charge < -0.3 is 20.4 Å². The summed E-state index contributed by atoms with van der Waals surface area (Å²) < 4.78 is 0. The molecule has 0 aliphatic heterocycles. The van der Waals surface area contributed by atoms with E-state index in [2.05, 4.69) is 10.6 Å². The van der Waals surface area contributed by atoms with E-state index in [4.69, 9.17) is 0 Å². The van der Waals surface area contributed by atoms with E-state index in [0.29, 0.717) is 30.6 Å². The number of aryl methyl sites for hydroxylation is 1. The van der Waals surface area contributed by atoms with Crippen LogP contribution in [-0.4, -0.2) is 49.8 Å². The highest BCUT2D eigenvalue weighted by Crippen LogP contribution is 2.18. The van der Waals surface area contributed by atoms with Crippen molar-refractivity contribution in [2.45, 2.75) is 19.8 Å². The van der Waals surface area contributed by atoms with Gasteiger partial charge in [0.1, 0.15) is 0 Å². The second kappa shape index (κ2) is 12.4. The van der Waals surface area contributed by atoms with Gasteiger partial charge in [0.25, 0.3) is 5.91 Å². The summed E-state index contributed by atoms with van der Waals surface area (Å²) in [4.78, 5) is 40.4. The lowest BCUT2D eigenvalue weighted by atomic mass is 10.1. The molecule has 0 aliphatic rings. The van der Waals surface area contributed by atoms with Gasteiger partial charge in [0.2, 0.25) is 11.8 Å². The van der Waals surface area contributed by atoms with Gasteiger partial charge in [-0.1, -0.05) is 30.3 Å². The summed E-state index contributed by atoms with van der Waals surface area (Å²) in [5.41, 5.74) is 3.86. The number of para-hydroxylation sites is 1. The molecule has 0 unspecified atom stereocenters. The molecule has 0 radical (unpaired) electrons. The van der Waals surface area contributed by atoms with Crippen molar-refractivity contribution in [1.82, 2.24) is 4.90 Å². The van der Waals surface area contributed by atoms with Crippen molar-refractivity contribution >= 4 is 34.8 Å². The van der Waals surface area contributed by atoms with E-state index in [9.17, 15) is 14.4 Å². The maximum atomic E-state index is 12.9. The Balaban J connectivity index is 1.52. The van der Waals surface area contributed by atoms with Gasteiger partial charge in [-0.2, -0.15) is 0 Å². The third-order valence-corrected chi connectivity index (χ3v) is 5.55. The molecule has 0 saturated heterocycles. The fourth-order valence-electron chi connectivity index (χ4n) is 3.60. The molecule has 0 heterocycles. The lowest BCUT2D eigenvalue weighted by molar-refractivity contribution is -0.128. The average molecular weight is 473 g/mol. The molecule has 3 rings (SSSR count). The minimum absolute atomic E-state index is 0.0814. The summed E-state index contributed by atoms with van der Waals surface area (Å²) in [5, 5.41) is 5.96. The van der Waals surface area contributed by atoms with Crippen LogP contribution < -0.4 is 15.5 Å². The van der Waals surface area contributed by atoms with Gasteiger partial charge in [-0.3, -0.25) is 14.4 Å². The number of benzene rings is 3. The number of rotatable bonds is 10. The van der Waals surface area contributed by atoms with E-state index in [1.165, 1.54) is 0 Å². The number of anilines is 3. The van der Waals surface area contributed by atoms with Crippen LogP contribution in [0.4, 0.5) is 17.1 Å². The largest absolute Gasteiger partial charge is 0.376 e. The van der Waals surface area contributed by atoms with Gasteiger partial charge in [0, 0.05) is 49.7 Å². The Kier molecular flexibility index (Phi) is 9.01. The summed E-state index contributed by atoms with van der Waals surface area (Å²) in [5.74, 6) is -0.208. The first-order valence-electron chi connectivity index (χ1n) is 11.7. The molecule has 35 heavy (non-hydrogen) atoms. The molecule has 7 nitrogen and oxygen atoms in total. The molecule has 0 atom stereocenters. The van der Waals surface area contributed by atoms with Gasteiger partial charge in [0.15, 0.2) is 0 Å². The quantitative estimate of drug-likeness (QED) is 0.458. The van der Waals surface area contributed by atoms with Crippen LogP contribution in [-0.2, 0) is 16.0 Å². The number of hydrogen-bond acceptors (Lipinski definition) is 4. The average Bonchev–Trinajstić information content (AvgIpc) is 2.87. The maximum Gasteiger partial charge on any atom is 0.258 e. The highest BCUT2D eigenvalue weighted by molar-refractivity contribution is 6.06. The Bertz CT molecular complexity index is 1140. The van der Waals surface area contributed by atoms with Crippen molar-refractivity contribution in [2.24, 2.45) is 0 Å². The number of amides is 3.